The van der Waals surface area contributed by atoms with E-state index in [0.29, 0.717) is 5.56 Å². The number of carboxylic acid groups (broad SMARTS) is 1. The zero-order valence-corrected chi connectivity index (χ0v) is 22.4. The van der Waals surface area contributed by atoms with Gasteiger partial charge in [0, 0.05) is 12.8 Å². The minimum absolute atomic E-state index is 0.0962. The number of hydrogen-bond donors (Lipinski definition) is 9. The van der Waals surface area contributed by atoms with E-state index >= 15 is 0 Å². The first-order valence-corrected chi connectivity index (χ1v) is 12.8. The third kappa shape index (κ3) is 11.2. The van der Waals surface area contributed by atoms with Crippen molar-refractivity contribution in [2.24, 2.45) is 5.73 Å². The van der Waals surface area contributed by atoms with Crippen molar-refractivity contribution < 1.29 is 48.6 Å². The molecule has 42 heavy (non-hydrogen) atoms. The SMILES string of the molecule is NC(=O)C[C@H](NC(=O)[C@H](CO)NC(=O)CNC(=O)CNC(=O)[C@@H]1CCC(=O)N1)C(=O)N[C@@H](Cc1ccccc1)C(=O)O. The number of carbonyl (C=O) groups is 8. The highest BCUT2D eigenvalue weighted by molar-refractivity contribution is 5.96. The van der Waals surface area contributed by atoms with E-state index in [4.69, 9.17) is 5.73 Å². The molecule has 1 aromatic carbocycles. The number of hydrogen-bond acceptors (Lipinski definition) is 9. The lowest BCUT2D eigenvalue weighted by Gasteiger charge is -2.23. The van der Waals surface area contributed by atoms with Crippen molar-refractivity contribution in [3.05, 3.63) is 35.9 Å². The van der Waals surface area contributed by atoms with Crippen LogP contribution in [0.5, 0.6) is 0 Å². The Morgan fingerprint density at radius 1 is 0.881 bits per heavy atom. The van der Waals surface area contributed by atoms with Gasteiger partial charge in [-0.2, -0.15) is 0 Å². The Morgan fingerprint density at radius 3 is 2.07 bits per heavy atom. The highest BCUT2D eigenvalue weighted by Crippen LogP contribution is 2.06. The number of amides is 7. The first-order valence-electron chi connectivity index (χ1n) is 12.8. The molecule has 0 saturated carbocycles. The standard InChI is InChI=1S/C25H33N7O10/c26-18(34)9-15(23(39)32-16(25(41)42)8-13-4-2-1-3-5-13)31-24(40)17(12-33)30-21(37)11-27-20(36)10-28-22(38)14-6-7-19(35)29-14/h1-5,14-17,33H,6-12H2,(H2,26,34)(H,27,36)(H,28,38)(H,29,35)(H,30,37)(H,31,40)(H,32,39)(H,41,42)/t14-,15-,16-,17-/m0/s1. The van der Waals surface area contributed by atoms with Crippen LogP contribution in [0, 0.1) is 0 Å². The fourth-order valence-electron chi connectivity index (χ4n) is 3.79. The van der Waals surface area contributed by atoms with Gasteiger partial charge in [0.15, 0.2) is 0 Å². The van der Waals surface area contributed by atoms with Crippen molar-refractivity contribution in [3.63, 3.8) is 0 Å². The van der Waals surface area contributed by atoms with Crippen LogP contribution < -0.4 is 37.6 Å². The minimum Gasteiger partial charge on any atom is -0.480 e. The number of aliphatic hydroxyl groups is 1. The van der Waals surface area contributed by atoms with Gasteiger partial charge in [0.05, 0.1) is 26.1 Å². The summed E-state index contributed by atoms with van der Waals surface area (Å²) in [6.07, 6.45) is -0.334. The molecule has 1 aliphatic rings. The van der Waals surface area contributed by atoms with Gasteiger partial charge in [0.2, 0.25) is 41.4 Å². The number of nitrogens with one attached hydrogen (secondary N) is 6. The monoisotopic (exact) mass is 591 g/mol. The van der Waals surface area contributed by atoms with Crippen LogP contribution in [0.3, 0.4) is 0 Å². The van der Waals surface area contributed by atoms with Gasteiger partial charge in [-0.25, -0.2) is 4.79 Å². The molecular weight excluding hydrogens is 558 g/mol. The maximum atomic E-state index is 12.8. The highest BCUT2D eigenvalue weighted by Gasteiger charge is 2.31. The lowest BCUT2D eigenvalue weighted by atomic mass is 10.0. The van der Waals surface area contributed by atoms with Crippen LogP contribution in [0.1, 0.15) is 24.8 Å². The normalized spacial score (nSPS) is 16.1. The molecule has 10 N–H and O–H groups in total. The number of carboxylic acids is 1. The van der Waals surface area contributed by atoms with Crippen molar-refractivity contribution in [3.8, 4) is 0 Å². The number of rotatable bonds is 16. The predicted molar refractivity (Wildman–Crippen MR) is 142 cm³/mol. The van der Waals surface area contributed by atoms with Crippen LogP contribution in [0.25, 0.3) is 0 Å². The van der Waals surface area contributed by atoms with Gasteiger partial charge in [0.25, 0.3) is 0 Å². The first kappa shape index (κ1) is 33.1. The molecule has 4 atom stereocenters. The summed E-state index contributed by atoms with van der Waals surface area (Å²) < 4.78 is 0. The van der Waals surface area contributed by atoms with Crippen LogP contribution in [-0.2, 0) is 44.8 Å². The molecule has 7 amide bonds. The number of nitrogens with two attached hydrogens (primary N) is 1. The zero-order valence-electron chi connectivity index (χ0n) is 22.4. The summed E-state index contributed by atoms with van der Waals surface area (Å²) in [6, 6.07) is 2.96. The number of carbonyl (C=O) groups excluding carboxylic acids is 7. The number of aliphatic carboxylic acids is 1. The molecule has 0 spiro atoms. The first-order chi connectivity index (χ1) is 19.9. The summed E-state index contributed by atoms with van der Waals surface area (Å²) in [7, 11) is 0. The van der Waals surface area contributed by atoms with E-state index in [1.54, 1.807) is 30.3 Å². The molecule has 0 unspecified atom stereocenters. The third-order valence-corrected chi connectivity index (χ3v) is 5.95. The van der Waals surface area contributed by atoms with E-state index in [-0.39, 0.29) is 25.2 Å². The van der Waals surface area contributed by atoms with Gasteiger partial charge in [-0.1, -0.05) is 30.3 Å². The molecule has 17 heteroatoms. The summed E-state index contributed by atoms with van der Waals surface area (Å²) in [5.74, 6) is -7.04. The van der Waals surface area contributed by atoms with Gasteiger partial charge in [0.1, 0.15) is 24.2 Å². The van der Waals surface area contributed by atoms with Crippen LogP contribution in [0.2, 0.25) is 0 Å². The fourth-order valence-corrected chi connectivity index (χ4v) is 3.79. The molecule has 17 nitrogen and oxygen atoms in total. The van der Waals surface area contributed by atoms with E-state index in [0.717, 1.165) is 0 Å². The van der Waals surface area contributed by atoms with Gasteiger partial charge in [-0.15, -0.1) is 0 Å². The maximum absolute atomic E-state index is 12.8. The second-order valence-electron chi connectivity index (χ2n) is 9.28. The third-order valence-electron chi connectivity index (χ3n) is 5.95. The summed E-state index contributed by atoms with van der Waals surface area (Å²) in [5.41, 5.74) is 5.77. The van der Waals surface area contributed by atoms with E-state index in [1.165, 1.54) is 0 Å². The fraction of sp³-hybridized carbons (Fsp3) is 0.440. The van der Waals surface area contributed by atoms with E-state index in [1.807, 2.05) is 0 Å². The van der Waals surface area contributed by atoms with Crippen LogP contribution >= 0.6 is 0 Å². The topological polar surface area (TPSA) is 275 Å². The van der Waals surface area contributed by atoms with Crippen molar-refractivity contribution in [1.82, 2.24) is 31.9 Å². The Kier molecular flexibility index (Phi) is 12.8. The molecule has 0 radical (unpaired) electrons. The van der Waals surface area contributed by atoms with Crippen molar-refractivity contribution in [2.75, 3.05) is 19.7 Å². The molecule has 0 bridgehead atoms. The second kappa shape index (κ2) is 16.3. The summed E-state index contributed by atoms with van der Waals surface area (Å²) in [6.45, 7) is -2.08. The van der Waals surface area contributed by atoms with Gasteiger partial charge < -0.3 is 47.8 Å². The average molecular weight is 592 g/mol. The van der Waals surface area contributed by atoms with Gasteiger partial charge in [-0.3, -0.25) is 33.6 Å². The molecule has 1 aliphatic heterocycles. The largest absolute Gasteiger partial charge is 0.480 e. The van der Waals surface area contributed by atoms with Crippen LogP contribution in [0.4, 0.5) is 0 Å². The lowest BCUT2D eigenvalue weighted by molar-refractivity contribution is -0.142. The number of aliphatic hydroxyl groups excluding tert-OH is 1. The summed E-state index contributed by atoms with van der Waals surface area (Å²) in [5, 5.41) is 32.6. The van der Waals surface area contributed by atoms with Crippen molar-refractivity contribution >= 4 is 47.3 Å². The molecule has 1 saturated heterocycles. The van der Waals surface area contributed by atoms with Crippen molar-refractivity contribution in [1.29, 1.82) is 0 Å². The smallest absolute Gasteiger partial charge is 0.326 e. The van der Waals surface area contributed by atoms with E-state index in [9.17, 15) is 48.6 Å². The van der Waals surface area contributed by atoms with E-state index < -0.39 is 91.7 Å². The Balaban J connectivity index is 1.89. The Bertz CT molecular complexity index is 1190. The molecule has 228 valence electrons. The molecule has 1 aromatic rings. The summed E-state index contributed by atoms with van der Waals surface area (Å²) >= 11 is 0. The molecule has 0 aromatic heterocycles. The van der Waals surface area contributed by atoms with Crippen molar-refractivity contribution in [2.45, 2.75) is 49.9 Å². The molecular formula is C25H33N7O10. The minimum atomic E-state index is -1.63. The highest BCUT2D eigenvalue weighted by atomic mass is 16.4. The Morgan fingerprint density at radius 2 is 1.50 bits per heavy atom. The second-order valence-corrected chi connectivity index (χ2v) is 9.28. The van der Waals surface area contributed by atoms with Gasteiger partial charge in [-0.05, 0) is 12.0 Å². The molecule has 0 aliphatic carbocycles. The molecule has 1 heterocycles. The Labute approximate surface area is 239 Å². The van der Waals surface area contributed by atoms with Crippen LogP contribution in [-0.4, -0.2) is 101 Å². The number of primary amides is 1. The average Bonchev–Trinajstić information content (AvgIpc) is 3.39. The maximum Gasteiger partial charge on any atom is 0.326 e. The zero-order chi connectivity index (χ0) is 31.2. The predicted octanol–water partition coefficient (Wildman–Crippen LogP) is -4.85. The van der Waals surface area contributed by atoms with E-state index in [2.05, 4.69) is 31.9 Å². The number of benzene rings is 1. The molecule has 1 fully saturated rings. The molecule has 2 rings (SSSR count). The van der Waals surface area contributed by atoms with Crippen LogP contribution in [0.15, 0.2) is 30.3 Å². The Hall–Kier alpha value is -5.06. The quantitative estimate of drug-likeness (QED) is 0.0884. The van der Waals surface area contributed by atoms with Gasteiger partial charge >= 0.3 is 5.97 Å². The summed E-state index contributed by atoms with van der Waals surface area (Å²) in [4.78, 5) is 96.0. The lowest BCUT2D eigenvalue weighted by Crippen LogP contribution is -2.58.